The zero-order valence-corrected chi connectivity index (χ0v) is 20.5. The fourth-order valence-corrected chi connectivity index (χ4v) is 5.00. The maximum Gasteiger partial charge on any atom is 0.227 e. The molecule has 1 atom stereocenters. The summed E-state index contributed by atoms with van der Waals surface area (Å²) in [6.45, 7) is 2.68. The van der Waals surface area contributed by atoms with E-state index >= 15 is 0 Å². The first kappa shape index (κ1) is 23.5. The van der Waals surface area contributed by atoms with Gasteiger partial charge in [0, 0.05) is 35.6 Å². The summed E-state index contributed by atoms with van der Waals surface area (Å²) in [5.74, 6) is 0.114. The number of hydrogen-bond donors (Lipinski definition) is 2. The van der Waals surface area contributed by atoms with Crippen LogP contribution in [0.25, 0.3) is 10.9 Å². The molecule has 8 heteroatoms. The van der Waals surface area contributed by atoms with E-state index in [9.17, 15) is 14.7 Å². The second kappa shape index (κ2) is 9.45. The van der Waals surface area contributed by atoms with Gasteiger partial charge < -0.3 is 28.9 Å². The maximum absolute atomic E-state index is 13.6. The summed E-state index contributed by atoms with van der Waals surface area (Å²) in [6, 6.07) is 14.6. The molecule has 8 nitrogen and oxygen atoms in total. The Morgan fingerprint density at radius 2 is 1.92 bits per heavy atom. The number of amides is 1. The Morgan fingerprint density at radius 1 is 1.14 bits per heavy atom. The number of nitrogens with one attached hydrogen (secondary N) is 1. The standard InChI is InChI=1S/C28H28N2O6/c1-16-12-23(31)27(33)28(36-16)20(17-8-9-24(34-2)25(13-17)35-3)14-26(32)30-11-10-19-18-6-4-5-7-21(18)29-22(19)15-30/h4-9,12-13,20,29,33H,10-11,14-15H2,1-3H3. The number of methoxy groups -OCH3 is 2. The van der Waals surface area contributed by atoms with Crippen molar-refractivity contribution < 1.29 is 23.8 Å². The predicted octanol–water partition coefficient (Wildman–Crippen LogP) is 4.26. The van der Waals surface area contributed by atoms with E-state index in [0.717, 1.165) is 17.6 Å². The fraction of sp³-hybridized carbons (Fsp3) is 0.286. The molecular formula is C28H28N2O6. The molecule has 0 saturated carbocycles. The summed E-state index contributed by atoms with van der Waals surface area (Å²) >= 11 is 0. The molecule has 36 heavy (non-hydrogen) atoms. The summed E-state index contributed by atoms with van der Waals surface area (Å²) < 4.78 is 16.6. The normalized spacial score (nSPS) is 13.9. The van der Waals surface area contributed by atoms with Crippen LogP contribution in [0.5, 0.6) is 17.2 Å². The van der Waals surface area contributed by atoms with Gasteiger partial charge in [-0.3, -0.25) is 9.59 Å². The van der Waals surface area contributed by atoms with E-state index in [2.05, 4.69) is 11.1 Å². The third kappa shape index (κ3) is 4.19. The molecule has 0 aliphatic carbocycles. The summed E-state index contributed by atoms with van der Waals surface area (Å²) in [5.41, 5.74) is 3.45. The molecular weight excluding hydrogens is 460 g/mol. The summed E-state index contributed by atoms with van der Waals surface area (Å²) in [5, 5.41) is 11.8. The van der Waals surface area contributed by atoms with Crippen LogP contribution in [0.2, 0.25) is 0 Å². The Bertz CT molecular complexity index is 1500. The molecule has 0 bridgehead atoms. The van der Waals surface area contributed by atoms with Crippen molar-refractivity contribution >= 4 is 16.8 Å². The summed E-state index contributed by atoms with van der Waals surface area (Å²) in [7, 11) is 3.07. The van der Waals surface area contributed by atoms with E-state index in [1.54, 1.807) is 37.1 Å². The molecule has 5 rings (SSSR count). The highest BCUT2D eigenvalue weighted by Crippen LogP contribution is 2.38. The molecule has 4 aromatic rings. The van der Waals surface area contributed by atoms with Crippen LogP contribution in [0.15, 0.2) is 57.7 Å². The van der Waals surface area contributed by atoms with Gasteiger partial charge in [-0.1, -0.05) is 24.3 Å². The predicted molar refractivity (Wildman–Crippen MR) is 135 cm³/mol. The van der Waals surface area contributed by atoms with Crippen LogP contribution in [0.4, 0.5) is 0 Å². The Kier molecular flexibility index (Phi) is 6.18. The van der Waals surface area contributed by atoms with Gasteiger partial charge >= 0.3 is 0 Å². The number of nitrogens with zero attached hydrogens (tertiary/aromatic N) is 1. The van der Waals surface area contributed by atoms with Gasteiger partial charge in [-0.05, 0) is 42.7 Å². The summed E-state index contributed by atoms with van der Waals surface area (Å²) in [6.07, 6.45) is 0.752. The molecule has 186 valence electrons. The van der Waals surface area contributed by atoms with Crippen molar-refractivity contribution in [2.24, 2.45) is 0 Å². The summed E-state index contributed by atoms with van der Waals surface area (Å²) in [4.78, 5) is 31.2. The van der Waals surface area contributed by atoms with E-state index in [-0.39, 0.29) is 18.1 Å². The van der Waals surface area contributed by atoms with E-state index in [1.807, 2.05) is 18.2 Å². The number of ether oxygens (including phenoxy) is 2. The molecule has 0 radical (unpaired) electrons. The first-order valence-corrected chi connectivity index (χ1v) is 11.8. The lowest BCUT2D eigenvalue weighted by Gasteiger charge is -2.29. The number of para-hydroxylation sites is 1. The fourth-order valence-electron chi connectivity index (χ4n) is 5.00. The number of benzene rings is 2. The van der Waals surface area contributed by atoms with E-state index in [1.165, 1.54) is 24.1 Å². The van der Waals surface area contributed by atoms with E-state index in [4.69, 9.17) is 13.9 Å². The molecule has 1 amide bonds. The number of aromatic nitrogens is 1. The van der Waals surface area contributed by atoms with Gasteiger partial charge in [0.15, 0.2) is 17.3 Å². The number of aromatic hydroxyl groups is 1. The minimum absolute atomic E-state index is 0.00496. The van der Waals surface area contributed by atoms with Crippen LogP contribution in [0, 0.1) is 6.92 Å². The minimum atomic E-state index is -0.700. The van der Waals surface area contributed by atoms with Gasteiger partial charge in [-0.25, -0.2) is 0 Å². The lowest BCUT2D eigenvalue weighted by molar-refractivity contribution is -0.132. The lowest BCUT2D eigenvalue weighted by Crippen LogP contribution is -2.36. The third-order valence-corrected chi connectivity index (χ3v) is 6.81. The van der Waals surface area contributed by atoms with Crippen molar-refractivity contribution in [3.8, 4) is 17.2 Å². The minimum Gasteiger partial charge on any atom is -0.502 e. The number of H-pyrrole nitrogens is 1. The quantitative estimate of drug-likeness (QED) is 0.420. The van der Waals surface area contributed by atoms with Gasteiger partial charge in [0.25, 0.3) is 0 Å². The van der Waals surface area contributed by atoms with Crippen molar-refractivity contribution in [3.05, 3.63) is 87.1 Å². The van der Waals surface area contributed by atoms with Gasteiger partial charge in [0.2, 0.25) is 17.1 Å². The van der Waals surface area contributed by atoms with Crippen LogP contribution in [0.1, 0.15) is 40.7 Å². The van der Waals surface area contributed by atoms with Crippen molar-refractivity contribution in [2.45, 2.75) is 32.2 Å². The van der Waals surface area contributed by atoms with Crippen molar-refractivity contribution in [1.82, 2.24) is 9.88 Å². The van der Waals surface area contributed by atoms with Gasteiger partial charge in [0.1, 0.15) is 5.76 Å². The number of aromatic amines is 1. The Balaban J connectivity index is 1.49. The Hall–Kier alpha value is -4.20. The molecule has 1 unspecified atom stereocenters. The van der Waals surface area contributed by atoms with Crippen molar-refractivity contribution in [3.63, 3.8) is 0 Å². The molecule has 0 fully saturated rings. The molecule has 0 spiro atoms. The smallest absolute Gasteiger partial charge is 0.227 e. The van der Waals surface area contributed by atoms with Crippen LogP contribution in [-0.4, -0.2) is 41.7 Å². The molecule has 2 aromatic heterocycles. The molecule has 1 aliphatic rings. The van der Waals surface area contributed by atoms with Crippen molar-refractivity contribution in [1.29, 1.82) is 0 Å². The maximum atomic E-state index is 13.6. The number of fused-ring (bicyclic) bond motifs is 3. The van der Waals surface area contributed by atoms with E-state index < -0.39 is 17.1 Å². The average molecular weight is 489 g/mol. The van der Waals surface area contributed by atoms with Gasteiger partial charge in [-0.2, -0.15) is 0 Å². The molecule has 3 heterocycles. The lowest BCUT2D eigenvalue weighted by atomic mass is 9.90. The third-order valence-electron chi connectivity index (χ3n) is 6.81. The second-order valence-corrected chi connectivity index (χ2v) is 9.00. The first-order valence-electron chi connectivity index (χ1n) is 11.8. The molecule has 2 N–H and O–H groups in total. The second-order valence-electron chi connectivity index (χ2n) is 9.00. The zero-order valence-electron chi connectivity index (χ0n) is 20.5. The monoisotopic (exact) mass is 488 g/mol. The van der Waals surface area contributed by atoms with Crippen LogP contribution < -0.4 is 14.9 Å². The topological polar surface area (TPSA) is 105 Å². The van der Waals surface area contributed by atoms with E-state index in [0.29, 0.717) is 35.9 Å². The first-order chi connectivity index (χ1) is 17.4. The highest BCUT2D eigenvalue weighted by molar-refractivity contribution is 5.86. The zero-order chi connectivity index (χ0) is 25.4. The Morgan fingerprint density at radius 3 is 2.69 bits per heavy atom. The number of aryl methyl sites for hydroxylation is 1. The number of hydrogen-bond acceptors (Lipinski definition) is 6. The Labute approximate surface area is 208 Å². The SMILES string of the molecule is COc1ccc(C(CC(=O)N2CCc3c([nH]c4ccccc34)C2)c2oc(C)cc(=O)c2O)cc1OC. The highest BCUT2D eigenvalue weighted by Gasteiger charge is 2.30. The van der Waals surface area contributed by atoms with Crippen molar-refractivity contribution in [2.75, 3.05) is 20.8 Å². The molecule has 0 saturated heterocycles. The highest BCUT2D eigenvalue weighted by atomic mass is 16.5. The number of carbonyl (C=O) groups is 1. The van der Waals surface area contributed by atoms with Crippen LogP contribution >= 0.6 is 0 Å². The molecule has 1 aliphatic heterocycles. The van der Waals surface area contributed by atoms with Gasteiger partial charge in [0.05, 0.1) is 26.7 Å². The number of rotatable bonds is 6. The average Bonchev–Trinajstić information content (AvgIpc) is 3.26. The largest absolute Gasteiger partial charge is 0.502 e. The van der Waals surface area contributed by atoms with Crippen LogP contribution in [0.3, 0.4) is 0 Å². The van der Waals surface area contributed by atoms with Crippen LogP contribution in [-0.2, 0) is 17.8 Å². The number of carbonyl (C=O) groups excluding carboxylic acids is 1. The van der Waals surface area contributed by atoms with Gasteiger partial charge in [-0.15, -0.1) is 0 Å². The molecule has 2 aromatic carbocycles.